The van der Waals surface area contributed by atoms with E-state index in [4.69, 9.17) is 21.1 Å². The third-order valence-electron chi connectivity index (χ3n) is 6.68. The molecule has 2 aliphatic rings. The number of hydrogen-bond donors (Lipinski definition) is 2. The molecule has 1 aromatic carbocycles. The molecule has 2 saturated heterocycles. The molecule has 0 radical (unpaired) electrons. The highest BCUT2D eigenvalue weighted by Gasteiger charge is 2.46. The Kier molecular flexibility index (Phi) is 7.22. The lowest BCUT2D eigenvalue weighted by atomic mass is 9.72. The number of ether oxygens (including phenoxy) is 2. The highest BCUT2D eigenvalue weighted by atomic mass is 35.5. The molecule has 1 aromatic heterocycles. The molecule has 36 heavy (non-hydrogen) atoms. The van der Waals surface area contributed by atoms with Gasteiger partial charge in [-0.3, -0.25) is 4.79 Å². The molecule has 194 valence electrons. The number of pyridine rings is 1. The second-order valence-electron chi connectivity index (χ2n) is 10.4. The molecule has 2 fully saturated rings. The van der Waals surface area contributed by atoms with Crippen LogP contribution in [0.2, 0.25) is 5.15 Å². The number of nitrogens with zero attached hydrogens (tertiary/aromatic N) is 3. The highest BCUT2D eigenvalue weighted by Crippen LogP contribution is 2.47. The number of methoxy groups -OCH3 is 1. The molecule has 2 amide bonds. The van der Waals surface area contributed by atoms with Gasteiger partial charge >= 0.3 is 6.09 Å². The van der Waals surface area contributed by atoms with Crippen LogP contribution in [0.25, 0.3) is 0 Å². The number of carbonyl (C=O) groups is 2. The van der Waals surface area contributed by atoms with Gasteiger partial charge in [-0.05, 0) is 51.8 Å². The van der Waals surface area contributed by atoms with Crippen molar-refractivity contribution in [1.82, 2.24) is 15.2 Å². The maximum absolute atomic E-state index is 12.4. The van der Waals surface area contributed by atoms with Crippen LogP contribution in [0.4, 0.5) is 21.9 Å². The van der Waals surface area contributed by atoms with Crippen molar-refractivity contribution in [2.45, 2.75) is 39.2 Å². The summed E-state index contributed by atoms with van der Waals surface area (Å²) in [5.41, 5.74) is 2.32. The van der Waals surface area contributed by atoms with E-state index in [1.165, 1.54) is 6.20 Å². The van der Waals surface area contributed by atoms with Gasteiger partial charge in [-0.15, -0.1) is 0 Å². The standard InChI is InChI=1S/C26H34ClN5O4/c1-25(2,3)36-24(34)31-11-9-26(10-12-31)15-32(16-26)20-8-6-7-18(22(20)35-5)30-19-13-21(27)29-14-17(19)23(33)28-4/h6-8,13-14H,9-12,15-16H2,1-5H3,(H,28,33)(H,29,30). The van der Waals surface area contributed by atoms with Crippen LogP contribution in [0.5, 0.6) is 5.75 Å². The van der Waals surface area contributed by atoms with E-state index in [9.17, 15) is 9.59 Å². The van der Waals surface area contributed by atoms with E-state index in [2.05, 4.69) is 20.5 Å². The van der Waals surface area contributed by atoms with Crippen LogP contribution < -0.4 is 20.3 Å². The first-order valence-electron chi connectivity index (χ1n) is 12.1. The monoisotopic (exact) mass is 515 g/mol. The maximum atomic E-state index is 12.4. The summed E-state index contributed by atoms with van der Waals surface area (Å²) in [6, 6.07) is 7.51. The zero-order chi connectivity index (χ0) is 26.1. The molecule has 0 bridgehead atoms. The Bertz CT molecular complexity index is 1130. The van der Waals surface area contributed by atoms with Crippen molar-refractivity contribution in [3.63, 3.8) is 0 Å². The normalized spacial score (nSPS) is 16.8. The molecule has 3 heterocycles. The number of rotatable bonds is 5. The Labute approximate surface area is 217 Å². The number of likely N-dealkylation sites (tertiary alicyclic amines) is 1. The van der Waals surface area contributed by atoms with Crippen molar-refractivity contribution in [2.75, 3.05) is 50.6 Å². The summed E-state index contributed by atoms with van der Waals surface area (Å²) in [7, 11) is 3.21. The summed E-state index contributed by atoms with van der Waals surface area (Å²) in [4.78, 5) is 32.9. The fourth-order valence-electron chi connectivity index (χ4n) is 4.82. The van der Waals surface area contributed by atoms with E-state index in [1.807, 2.05) is 43.9 Å². The van der Waals surface area contributed by atoms with Gasteiger partial charge in [-0.1, -0.05) is 17.7 Å². The van der Waals surface area contributed by atoms with E-state index in [0.29, 0.717) is 30.1 Å². The molecule has 0 saturated carbocycles. The zero-order valence-corrected chi connectivity index (χ0v) is 22.2. The van der Waals surface area contributed by atoms with E-state index >= 15 is 0 Å². The van der Waals surface area contributed by atoms with Crippen LogP contribution in [0.3, 0.4) is 0 Å². The maximum Gasteiger partial charge on any atom is 0.410 e. The average Bonchev–Trinajstić information content (AvgIpc) is 2.81. The third kappa shape index (κ3) is 5.46. The second kappa shape index (κ2) is 10.0. The summed E-state index contributed by atoms with van der Waals surface area (Å²) in [6.07, 6.45) is 3.09. The predicted octanol–water partition coefficient (Wildman–Crippen LogP) is 4.68. The zero-order valence-electron chi connectivity index (χ0n) is 21.5. The Balaban J connectivity index is 1.46. The van der Waals surface area contributed by atoms with Crippen LogP contribution in [0.1, 0.15) is 44.0 Å². The first-order valence-corrected chi connectivity index (χ1v) is 12.5. The van der Waals surface area contributed by atoms with Crippen LogP contribution in [-0.2, 0) is 4.74 Å². The fourth-order valence-corrected chi connectivity index (χ4v) is 4.98. The Morgan fingerprint density at radius 3 is 2.44 bits per heavy atom. The number of benzene rings is 1. The Hall–Kier alpha value is -3.20. The minimum atomic E-state index is -0.488. The van der Waals surface area contributed by atoms with Crippen molar-refractivity contribution < 1.29 is 19.1 Å². The molecule has 9 nitrogen and oxygen atoms in total. The minimum Gasteiger partial charge on any atom is -0.492 e. The van der Waals surface area contributed by atoms with E-state index in [0.717, 1.165) is 37.3 Å². The molecule has 2 aliphatic heterocycles. The van der Waals surface area contributed by atoms with Crippen molar-refractivity contribution in [3.8, 4) is 5.75 Å². The van der Waals surface area contributed by atoms with Gasteiger partial charge in [0.25, 0.3) is 5.91 Å². The number of halogens is 1. The number of nitrogens with one attached hydrogen (secondary N) is 2. The van der Waals surface area contributed by atoms with Crippen molar-refractivity contribution in [2.24, 2.45) is 5.41 Å². The molecule has 1 spiro atoms. The van der Waals surface area contributed by atoms with Gasteiger partial charge in [0.1, 0.15) is 10.8 Å². The van der Waals surface area contributed by atoms with Gasteiger partial charge in [0.15, 0.2) is 5.75 Å². The number of carbonyl (C=O) groups excluding carboxylic acids is 2. The molecule has 0 aliphatic carbocycles. The summed E-state index contributed by atoms with van der Waals surface area (Å²) in [5, 5.41) is 6.21. The van der Waals surface area contributed by atoms with Gasteiger partial charge in [0.05, 0.1) is 29.7 Å². The number of piperidine rings is 1. The molecule has 2 N–H and O–H groups in total. The topological polar surface area (TPSA) is 96.0 Å². The molecule has 0 atom stereocenters. The first kappa shape index (κ1) is 25.9. The quantitative estimate of drug-likeness (QED) is 0.558. The molecular weight excluding hydrogens is 482 g/mol. The number of aromatic nitrogens is 1. The molecule has 4 rings (SSSR count). The fraction of sp³-hybridized carbons (Fsp3) is 0.500. The van der Waals surface area contributed by atoms with Crippen molar-refractivity contribution >= 4 is 40.7 Å². The number of hydrogen-bond acceptors (Lipinski definition) is 7. The number of amides is 2. The van der Waals surface area contributed by atoms with E-state index in [1.54, 1.807) is 20.2 Å². The third-order valence-corrected chi connectivity index (χ3v) is 6.89. The lowest BCUT2D eigenvalue weighted by molar-refractivity contribution is 0.00594. The SMILES string of the molecule is CNC(=O)c1cnc(Cl)cc1Nc1cccc(N2CC3(CCN(C(=O)OC(C)(C)C)CC3)C2)c1OC. The number of para-hydroxylation sites is 1. The van der Waals surface area contributed by atoms with Crippen molar-refractivity contribution in [1.29, 1.82) is 0 Å². The summed E-state index contributed by atoms with van der Waals surface area (Å²) in [5.74, 6) is 0.425. The van der Waals surface area contributed by atoms with Gasteiger partial charge in [0.2, 0.25) is 0 Å². The second-order valence-corrected chi connectivity index (χ2v) is 10.8. The minimum absolute atomic E-state index is 0.179. The number of anilines is 3. The Morgan fingerprint density at radius 2 is 1.83 bits per heavy atom. The lowest BCUT2D eigenvalue weighted by Gasteiger charge is -2.55. The van der Waals surface area contributed by atoms with Gasteiger partial charge in [0, 0.05) is 44.8 Å². The van der Waals surface area contributed by atoms with E-state index < -0.39 is 5.60 Å². The molecule has 2 aromatic rings. The summed E-state index contributed by atoms with van der Waals surface area (Å²) in [6.45, 7) is 8.84. The molecule has 10 heteroatoms. The largest absolute Gasteiger partial charge is 0.492 e. The van der Waals surface area contributed by atoms with Crippen LogP contribution in [0.15, 0.2) is 30.5 Å². The lowest BCUT2D eigenvalue weighted by Crippen LogP contribution is -2.61. The first-order chi connectivity index (χ1) is 17.0. The molecular formula is C26H34ClN5O4. The van der Waals surface area contributed by atoms with Crippen molar-refractivity contribution in [3.05, 3.63) is 41.2 Å². The van der Waals surface area contributed by atoms with E-state index in [-0.39, 0.29) is 22.6 Å². The Morgan fingerprint density at radius 1 is 1.14 bits per heavy atom. The van der Waals surface area contributed by atoms with Gasteiger partial charge in [-0.25, -0.2) is 9.78 Å². The smallest absolute Gasteiger partial charge is 0.410 e. The van der Waals surface area contributed by atoms with Crippen LogP contribution in [0, 0.1) is 5.41 Å². The van der Waals surface area contributed by atoms with Crippen LogP contribution >= 0.6 is 11.6 Å². The van der Waals surface area contributed by atoms with Gasteiger partial charge in [-0.2, -0.15) is 0 Å². The van der Waals surface area contributed by atoms with Gasteiger partial charge < -0.3 is 29.9 Å². The summed E-state index contributed by atoms with van der Waals surface area (Å²) >= 11 is 6.11. The van der Waals surface area contributed by atoms with Crippen LogP contribution in [-0.4, -0.2) is 67.8 Å². The summed E-state index contributed by atoms with van der Waals surface area (Å²) < 4.78 is 11.3. The highest BCUT2D eigenvalue weighted by molar-refractivity contribution is 6.29. The molecule has 0 unspecified atom stereocenters. The predicted molar refractivity (Wildman–Crippen MR) is 141 cm³/mol. The average molecular weight is 516 g/mol.